The molecule has 14 heavy (non-hydrogen) atoms. The Balaban J connectivity index is 3.25. The maximum Gasteiger partial charge on any atom is 0.488 e. The molecule has 0 aromatic heterocycles. The summed E-state index contributed by atoms with van der Waals surface area (Å²) in [4.78, 5) is 0. The second-order valence-electron chi connectivity index (χ2n) is 2.65. The summed E-state index contributed by atoms with van der Waals surface area (Å²) in [6.07, 6.45) is 0. The zero-order chi connectivity index (χ0) is 10.7. The number of hydrogen-bond donors (Lipinski definition) is 3. The van der Waals surface area contributed by atoms with Gasteiger partial charge in [-0.1, -0.05) is 0 Å². The average Bonchev–Trinajstić information content (AvgIpc) is 2.17. The Morgan fingerprint density at radius 2 is 1.50 bits per heavy atom. The van der Waals surface area contributed by atoms with Gasteiger partial charge in [0, 0.05) is 0 Å². The first-order valence-corrected chi connectivity index (χ1v) is 3.91. The molecule has 0 spiro atoms. The van der Waals surface area contributed by atoms with E-state index in [1.165, 1.54) is 26.4 Å². The first-order valence-electron chi connectivity index (χ1n) is 3.91. The highest BCUT2D eigenvalue weighted by Gasteiger charge is 2.17. The predicted octanol–water partition coefficient (Wildman–Crippen LogP) is -0.911. The number of rotatable bonds is 3. The Kier molecular flexibility index (Phi) is 3.21. The van der Waals surface area contributed by atoms with Crippen molar-refractivity contribution in [1.82, 2.24) is 0 Å². The van der Waals surface area contributed by atoms with Gasteiger partial charge in [0.15, 0.2) is 11.5 Å². The lowest BCUT2D eigenvalue weighted by atomic mass is 9.80. The summed E-state index contributed by atoms with van der Waals surface area (Å²) in [5.41, 5.74) is 0.191. The molecule has 0 aliphatic heterocycles. The molecule has 0 fully saturated rings. The molecule has 0 amide bonds. The maximum absolute atomic E-state index is 9.48. The lowest BCUT2D eigenvalue weighted by molar-refractivity contribution is 0.340. The van der Waals surface area contributed by atoms with Crippen molar-refractivity contribution in [3.05, 3.63) is 12.1 Å². The van der Waals surface area contributed by atoms with Crippen molar-refractivity contribution in [2.24, 2.45) is 0 Å². The SMILES string of the molecule is COc1cc(B(O)O)cc(OC)c1O. The van der Waals surface area contributed by atoms with Crippen LogP contribution in [0.3, 0.4) is 0 Å². The second kappa shape index (κ2) is 4.21. The van der Waals surface area contributed by atoms with Gasteiger partial charge in [0.05, 0.1) is 14.2 Å². The molecule has 0 aliphatic rings. The molecule has 0 saturated heterocycles. The number of phenols is 1. The van der Waals surface area contributed by atoms with Gasteiger partial charge < -0.3 is 24.6 Å². The van der Waals surface area contributed by atoms with E-state index in [9.17, 15) is 5.11 Å². The van der Waals surface area contributed by atoms with E-state index in [1.807, 2.05) is 0 Å². The highest BCUT2D eigenvalue weighted by molar-refractivity contribution is 6.58. The molecular formula is C8H11BO5. The smallest absolute Gasteiger partial charge is 0.488 e. The zero-order valence-electron chi connectivity index (χ0n) is 7.89. The topological polar surface area (TPSA) is 79.2 Å². The number of aromatic hydroxyl groups is 1. The quantitative estimate of drug-likeness (QED) is 0.548. The Morgan fingerprint density at radius 3 is 1.79 bits per heavy atom. The van der Waals surface area contributed by atoms with E-state index in [-0.39, 0.29) is 22.7 Å². The van der Waals surface area contributed by atoms with Crippen LogP contribution in [0.1, 0.15) is 0 Å². The van der Waals surface area contributed by atoms with Gasteiger partial charge in [0.25, 0.3) is 0 Å². The normalized spacial score (nSPS) is 9.71. The lowest BCUT2D eigenvalue weighted by Crippen LogP contribution is -2.29. The molecule has 1 rings (SSSR count). The summed E-state index contributed by atoms with van der Waals surface area (Å²) in [7, 11) is 1.10. The van der Waals surface area contributed by atoms with Crippen LogP contribution in [0.4, 0.5) is 0 Å². The summed E-state index contributed by atoms with van der Waals surface area (Å²) in [6.45, 7) is 0. The summed E-state index contributed by atoms with van der Waals surface area (Å²) >= 11 is 0. The zero-order valence-corrected chi connectivity index (χ0v) is 7.89. The maximum atomic E-state index is 9.48. The third-order valence-electron chi connectivity index (χ3n) is 1.80. The van der Waals surface area contributed by atoms with Gasteiger partial charge in [-0.2, -0.15) is 0 Å². The Labute approximate surface area is 81.7 Å². The number of ether oxygens (including phenoxy) is 2. The fraction of sp³-hybridized carbons (Fsp3) is 0.250. The van der Waals surface area contributed by atoms with E-state index in [0.29, 0.717) is 0 Å². The third-order valence-corrected chi connectivity index (χ3v) is 1.80. The van der Waals surface area contributed by atoms with Crippen LogP contribution in [0.25, 0.3) is 0 Å². The van der Waals surface area contributed by atoms with Crippen molar-refractivity contribution in [3.8, 4) is 17.2 Å². The lowest BCUT2D eigenvalue weighted by Gasteiger charge is -2.10. The van der Waals surface area contributed by atoms with E-state index in [4.69, 9.17) is 19.5 Å². The minimum atomic E-state index is -1.63. The number of hydrogen-bond acceptors (Lipinski definition) is 5. The van der Waals surface area contributed by atoms with Gasteiger partial charge in [-0.05, 0) is 17.6 Å². The standard InChI is InChI=1S/C8H11BO5/c1-13-6-3-5(9(11)12)4-7(14-2)8(6)10/h3-4,10-12H,1-2H3. The van der Waals surface area contributed by atoms with E-state index in [2.05, 4.69) is 0 Å². The molecule has 0 saturated carbocycles. The fourth-order valence-electron chi connectivity index (χ4n) is 1.06. The predicted molar refractivity (Wildman–Crippen MR) is 51.0 cm³/mol. The van der Waals surface area contributed by atoms with Gasteiger partial charge in [-0.15, -0.1) is 0 Å². The molecule has 0 radical (unpaired) electrons. The summed E-state index contributed by atoms with van der Waals surface area (Å²) in [5, 5.41) is 27.3. The number of benzene rings is 1. The first kappa shape index (κ1) is 10.7. The van der Waals surface area contributed by atoms with Crippen LogP contribution < -0.4 is 14.9 Å². The second-order valence-corrected chi connectivity index (χ2v) is 2.65. The van der Waals surface area contributed by atoms with Gasteiger partial charge >= 0.3 is 7.12 Å². The van der Waals surface area contributed by atoms with E-state index >= 15 is 0 Å². The molecule has 0 atom stereocenters. The van der Waals surface area contributed by atoms with E-state index < -0.39 is 7.12 Å². The largest absolute Gasteiger partial charge is 0.502 e. The van der Waals surface area contributed by atoms with Crippen molar-refractivity contribution in [3.63, 3.8) is 0 Å². The molecule has 1 aromatic rings. The fourth-order valence-corrected chi connectivity index (χ4v) is 1.06. The minimum Gasteiger partial charge on any atom is -0.502 e. The van der Waals surface area contributed by atoms with Crippen LogP contribution in [0.2, 0.25) is 0 Å². The molecule has 3 N–H and O–H groups in total. The average molecular weight is 198 g/mol. The monoisotopic (exact) mass is 198 g/mol. The van der Waals surface area contributed by atoms with Crippen LogP contribution in [0, 0.1) is 0 Å². The van der Waals surface area contributed by atoms with Crippen molar-refractivity contribution in [2.45, 2.75) is 0 Å². The molecule has 76 valence electrons. The number of phenolic OH excluding ortho intramolecular Hbond substituents is 1. The van der Waals surface area contributed by atoms with Crippen LogP contribution in [-0.2, 0) is 0 Å². The summed E-state index contributed by atoms with van der Waals surface area (Å²) in [5.74, 6) is 0.0966. The highest BCUT2D eigenvalue weighted by atomic mass is 16.5. The molecule has 0 heterocycles. The van der Waals surface area contributed by atoms with Crippen LogP contribution in [-0.4, -0.2) is 36.5 Å². The highest BCUT2D eigenvalue weighted by Crippen LogP contribution is 2.34. The Hall–Kier alpha value is -1.40. The molecule has 1 aromatic carbocycles. The van der Waals surface area contributed by atoms with Crippen molar-refractivity contribution < 1.29 is 24.6 Å². The molecule has 5 nitrogen and oxygen atoms in total. The van der Waals surface area contributed by atoms with Crippen LogP contribution in [0.15, 0.2) is 12.1 Å². The van der Waals surface area contributed by atoms with Crippen molar-refractivity contribution in [2.75, 3.05) is 14.2 Å². The van der Waals surface area contributed by atoms with E-state index in [0.717, 1.165) is 0 Å². The van der Waals surface area contributed by atoms with Crippen molar-refractivity contribution in [1.29, 1.82) is 0 Å². The first-order chi connectivity index (χ1) is 6.60. The summed E-state index contributed by atoms with van der Waals surface area (Å²) < 4.78 is 9.65. The molecule has 0 aliphatic carbocycles. The van der Waals surface area contributed by atoms with Gasteiger partial charge in [0.2, 0.25) is 5.75 Å². The van der Waals surface area contributed by atoms with Crippen molar-refractivity contribution >= 4 is 12.6 Å². The van der Waals surface area contributed by atoms with Gasteiger partial charge in [0.1, 0.15) is 0 Å². The van der Waals surface area contributed by atoms with Gasteiger partial charge in [-0.3, -0.25) is 0 Å². The molecule has 0 unspecified atom stereocenters. The van der Waals surface area contributed by atoms with E-state index in [1.54, 1.807) is 0 Å². The van der Waals surface area contributed by atoms with Crippen LogP contribution in [0.5, 0.6) is 17.2 Å². The minimum absolute atomic E-state index is 0.132. The third kappa shape index (κ3) is 1.91. The Bertz CT molecular complexity index is 301. The van der Waals surface area contributed by atoms with Gasteiger partial charge in [-0.25, -0.2) is 0 Å². The summed E-state index contributed by atoms with van der Waals surface area (Å²) in [6, 6.07) is 2.64. The molecule has 6 heteroatoms. The Morgan fingerprint density at radius 1 is 1.07 bits per heavy atom. The van der Waals surface area contributed by atoms with Crippen LogP contribution >= 0.6 is 0 Å². The number of methoxy groups -OCH3 is 2. The molecule has 0 bridgehead atoms. The molecular weight excluding hydrogens is 187 g/mol.